The Balaban J connectivity index is 1.80. The summed E-state index contributed by atoms with van der Waals surface area (Å²) in [6, 6.07) is 0.0679. The highest BCUT2D eigenvalue weighted by Gasteiger charge is 2.26. The molecule has 0 amide bonds. The summed E-state index contributed by atoms with van der Waals surface area (Å²) in [7, 11) is -2.84. The van der Waals surface area contributed by atoms with Crippen LogP contribution in [0.4, 0.5) is 0 Å². The van der Waals surface area contributed by atoms with Gasteiger partial charge in [-0.1, -0.05) is 0 Å². The molecule has 108 valence electrons. The van der Waals surface area contributed by atoms with Gasteiger partial charge in [0.1, 0.15) is 5.01 Å². The molecule has 1 atom stereocenters. The van der Waals surface area contributed by atoms with Crippen molar-refractivity contribution in [3.05, 3.63) is 16.6 Å². The van der Waals surface area contributed by atoms with Crippen molar-refractivity contribution >= 4 is 21.2 Å². The number of nitrogens with zero attached hydrogens (tertiary/aromatic N) is 1. The fourth-order valence-corrected chi connectivity index (χ4v) is 4.45. The Bertz CT molecular complexity index is 497. The highest BCUT2D eigenvalue weighted by molar-refractivity contribution is 7.91. The topological polar surface area (TPSA) is 71.1 Å². The van der Waals surface area contributed by atoms with E-state index in [0.717, 1.165) is 18.0 Å². The quantitative estimate of drug-likeness (QED) is 0.840. The Morgan fingerprint density at radius 2 is 2.37 bits per heavy atom. The molecular weight excluding hydrogens is 282 g/mol. The molecule has 1 aromatic heterocycles. The van der Waals surface area contributed by atoms with Crippen LogP contribution in [0.5, 0.6) is 0 Å². The molecule has 7 heteroatoms. The zero-order chi connectivity index (χ0) is 13.9. The maximum atomic E-state index is 11.5. The molecule has 0 bridgehead atoms. The largest absolute Gasteiger partial charge is 0.312 e. The first-order valence-electron chi connectivity index (χ1n) is 6.48. The fraction of sp³-hybridized carbons (Fsp3) is 0.750. The molecule has 0 saturated carbocycles. The van der Waals surface area contributed by atoms with E-state index < -0.39 is 9.84 Å². The molecule has 2 N–H and O–H groups in total. The summed E-state index contributed by atoms with van der Waals surface area (Å²) in [5.74, 6) is 0.522. The van der Waals surface area contributed by atoms with Crippen LogP contribution in [0.2, 0.25) is 0 Å². The highest BCUT2D eigenvalue weighted by Crippen LogP contribution is 2.21. The summed E-state index contributed by atoms with van der Waals surface area (Å²) in [4.78, 5) is 4.32. The van der Waals surface area contributed by atoms with Gasteiger partial charge in [-0.2, -0.15) is 0 Å². The van der Waals surface area contributed by atoms with Crippen LogP contribution in [-0.2, 0) is 15.4 Å². The summed E-state index contributed by atoms with van der Waals surface area (Å²) in [5, 5.41) is 9.73. The standard InChI is InChI=1S/C12H21N3O2S2/c1-12(2,11-14-5-7-18-11)15-4-3-10-9-19(16,17)8-6-13-10/h5,7,10,13,15H,3-4,6,8-9H2,1-2H3. The first-order chi connectivity index (χ1) is 8.89. The zero-order valence-electron chi connectivity index (χ0n) is 11.3. The highest BCUT2D eigenvalue weighted by atomic mass is 32.2. The predicted octanol–water partition coefficient (Wildman–Crippen LogP) is 0.745. The average molecular weight is 303 g/mol. The third kappa shape index (κ3) is 4.24. The molecular formula is C12H21N3O2S2. The minimum absolute atomic E-state index is 0.0679. The number of nitrogens with one attached hydrogen (secondary N) is 2. The van der Waals surface area contributed by atoms with Crippen LogP contribution in [0.25, 0.3) is 0 Å². The number of sulfone groups is 1. The molecule has 0 aliphatic carbocycles. The van der Waals surface area contributed by atoms with Crippen molar-refractivity contribution in [2.45, 2.75) is 31.8 Å². The van der Waals surface area contributed by atoms with E-state index in [-0.39, 0.29) is 23.1 Å². The summed E-state index contributed by atoms with van der Waals surface area (Å²) in [6.45, 7) is 5.54. The molecule has 1 aromatic rings. The fourth-order valence-electron chi connectivity index (χ4n) is 2.22. The first kappa shape index (κ1) is 14.9. The molecule has 0 spiro atoms. The van der Waals surface area contributed by atoms with Crippen LogP contribution in [0.15, 0.2) is 11.6 Å². The van der Waals surface area contributed by atoms with Gasteiger partial charge >= 0.3 is 0 Å². The Morgan fingerprint density at radius 1 is 1.58 bits per heavy atom. The summed E-state index contributed by atoms with van der Waals surface area (Å²) in [6.07, 6.45) is 2.62. The average Bonchev–Trinajstić information content (AvgIpc) is 2.81. The SMILES string of the molecule is CC(C)(NCCC1CS(=O)(=O)CCN1)c1nccs1. The maximum absolute atomic E-state index is 11.5. The number of hydrogen-bond acceptors (Lipinski definition) is 6. The van der Waals surface area contributed by atoms with Crippen molar-refractivity contribution < 1.29 is 8.42 Å². The number of rotatable bonds is 5. The molecule has 2 rings (SSSR count). The molecule has 19 heavy (non-hydrogen) atoms. The molecule has 1 aliphatic rings. The summed E-state index contributed by atoms with van der Waals surface area (Å²) in [5.41, 5.74) is -0.165. The van der Waals surface area contributed by atoms with E-state index in [0.29, 0.717) is 6.54 Å². The van der Waals surface area contributed by atoms with E-state index in [1.54, 1.807) is 17.5 Å². The van der Waals surface area contributed by atoms with Gasteiger partial charge in [-0.05, 0) is 26.8 Å². The van der Waals surface area contributed by atoms with E-state index in [4.69, 9.17) is 0 Å². The van der Waals surface area contributed by atoms with Crippen LogP contribution in [0.1, 0.15) is 25.3 Å². The predicted molar refractivity (Wildman–Crippen MR) is 78.2 cm³/mol. The summed E-state index contributed by atoms with van der Waals surface area (Å²) >= 11 is 1.63. The van der Waals surface area contributed by atoms with Gasteiger partial charge in [0.25, 0.3) is 0 Å². The minimum atomic E-state index is -2.84. The van der Waals surface area contributed by atoms with Crippen LogP contribution in [0, 0.1) is 0 Å². The van der Waals surface area contributed by atoms with Gasteiger partial charge < -0.3 is 10.6 Å². The van der Waals surface area contributed by atoms with Crippen molar-refractivity contribution in [3.8, 4) is 0 Å². The lowest BCUT2D eigenvalue weighted by Crippen LogP contribution is -2.47. The van der Waals surface area contributed by atoms with Gasteiger partial charge in [-0.25, -0.2) is 13.4 Å². The van der Waals surface area contributed by atoms with E-state index in [9.17, 15) is 8.42 Å². The lowest BCUT2D eigenvalue weighted by Gasteiger charge is -2.27. The van der Waals surface area contributed by atoms with Gasteiger partial charge in [-0.15, -0.1) is 11.3 Å². The Labute approximate surface area is 118 Å². The summed E-state index contributed by atoms with van der Waals surface area (Å²) < 4.78 is 23.1. The second-order valence-electron chi connectivity index (χ2n) is 5.44. The van der Waals surface area contributed by atoms with Gasteiger partial charge in [-0.3, -0.25) is 0 Å². The normalized spacial score (nSPS) is 23.4. The van der Waals surface area contributed by atoms with E-state index in [1.807, 2.05) is 5.38 Å². The lowest BCUT2D eigenvalue weighted by atomic mass is 10.1. The lowest BCUT2D eigenvalue weighted by molar-refractivity contribution is 0.378. The maximum Gasteiger partial charge on any atom is 0.153 e. The van der Waals surface area contributed by atoms with Crippen LogP contribution >= 0.6 is 11.3 Å². The van der Waals surface area contributed by atoms with E-state index in [1.165, 1.54) is 0 Å². The third-order valence-corrected chi connectivity index (χ3v) is 6.16. The van der Waals surface area contributed by atoms with E-state index >= 15 is 0 Å². The molecule has 2 heterocycles. The van der Waals surface area contributed by atoms with Gasteiger partial charge in [0, 0.05) is 24.2 Å². The molecule has 1 aliphatic heterocycles. The van der Waals surface area contributed by atoms with Crippen LogP contribution in [0.3, 0.4) is 0 Å². The molecule has 1 saturated heterocycles. The van der Waals surface area contributed by atoms with Gasteiger partial charge in [0.2, 0.25) is 0 Å². The first-order valence-corrected chi connectivity index (χ1v) is 9.18. The van der Waals surface area contributed by atoms with Crippen molar-refractivity contribution in [1.29, 1.82) is 0 Å². The second kappa shape index (κ2) is 5.87. The van der Waals surface area contributed by atoms with Gasteiger partial charge in [0.15, 0.2) is 9.84 Å². The second-order valence-corrected chi connectivity index (χ2v) is 8.57. The number of thiazole rings is 1. The Hall–Kier alpha value is -0.500. The van der Waals surface area contributed by atoms with Crippen molar-refractivity contribution in [3.63, 3.8) is 0 Å². The smallest absolute Gasteiger partial charge is 0.153 e. The van der Waals surface area contributed by atoms with Crippen molar-refractivity contribution in [2.75, 3.05) is 24.6 Å². The molecule has 5 nitrogen and oxygen atoms in total. The van der Waals surface area contributed by atoms with Gasteiger partial charge in [0.05, 0.1) is 17.0 Å². The molecule has 0 aromatic carbocycles. The minimum Gasteiger partial charge on any atom is -0.312 e. The third-order valence-electron chi connectivity index (χ3n) is 3.33. The number of aromatic nitrogens is 1. The molecule has 1 unspecified atom stereocenters. The Kier molecular flexibility index (Phi) is 4.60. The molecule has 0 radical (unpaired) electrons. The Morgan fingerprint density at radius 3 is 3.00 bits per heavy atom. The van der Waals surface area contributed by atoms with Crippen LogP contribution in [-0.4, -0.2) is 44.0 Å². The zero-order valence-corrected chi connectivity index (χ0v) is 13.0. The van der Waals surface area contributed by atoms with Crippen molar-refractivity contribution in [2.24, 2.45) is 0 Å². The monoisotopic (exact) mass is 303 g/mol. The van der Waals surface area contributed by atoms with E-state index in [2.05, 4.69) is 29.5 Å². The molecule has 1 fully saturated rings. The van der Waals surface area contributed by atoms with Crippen molar-refractivity contribution in [1.82, 2.24) is 15.6 Å². The number of hydrogen-bond donors (Lipinski definition) is 2. The van der Waals surface area contributed by atoms with Crippen LogP contribution < -0.4 is 10.6 Å².